The highest BCUT2D eigenvalue weighted by molar-refractivity contribution is 5.82. The number of carbonyl (C=O) groups is 1. The Hall–Kier alpha value is -0.410. The summed E-state index contributed by atoms with van der Waals surface area (Å²) in [6, 6.07) is 0.116. The topological polar surface area (TPSA) is 29.5 Å². The number of ketones is 1. The van der Waals surface area contributed by atoms with Crippen molar-refractivity contribution in [1.29, 1.82) is 0 Å². The van der Waals surface area contributed by atoms with E-state index in [0.29, 0.717) is 17.8 Å². The van der Waals surface area contributed by atoms with Crippen LogP contribution in [0.5, 0.6) is 0 Å². The van der Waals surface area contributed by atoms with Gasteiger partial charge < -0.3 is 4.74 Å². The molecule has 0 aromatic rings. The Morgan fingerprint density at radius 3 is 3.00 bits per heavy atom. The molecule has 0 aliphatic carbocycles. The number of carbonyl (C=O) groups excluding carboxylic acids is 1. The molecule has 0 amide bonds. The van der Waals surface area contributed by atoms with Crippen LogP contribution in [0.25, 0.3) is 0 Å². The van der Waals surface area contributed by atoms with E-state index in [9.17, 15) is 4.79 Å². The van der Waals surface area contributed by atoms with E-state index >= 15 is 0 Å². The fourth-order valence-electron chi connectivity index (χ4n) is 2.75. The summed E-state index contributed by atoms with van der Waals surface area (Å²) in [5.74, 6) is 0.747. The molecule has 2 fully saturated rings. The first-order chi connectivity index (χ1) is 6.20. The Morgan fingerprint density at radius 1 is 1.54 bits per heavy atom. The molecular weight excluding hydrogens is 166 g/mol. The molecule has 0 radical (unpaired) electrons. The van der Waals surface area contributed by atoms with Crippen molar-refractivity contribution in [3.63, 3.8) is 0 Å². The molecule has 0 aromatic carbocycles. The number of likely N-dealkylation sites (N-methyl/N-ethyl adjacent to an activating group) is 1. The average Bonchev–Trinajstić information content (AvgIpc) is 2.39. The molecule has 13 heavy (non-hydrogen) atoms. The molecule has 2 aliphatic heterocycles. The quantitative estimate of drug-likeness (QED) is 0.599. The van der Waals surface area contributed by atoms with Crippen LogP contribution in [0.15, 0.2) is 0 Å². The number of nitrogens with zero attached hydrogens (tertiary/aromatic N) is 1. The third-order valence-electron chi connectivity index (χ3n) is 3.26. The van der Waals surface area contributed by atoms with E-state index in [1.54, 1.807) is 6.92 Å². The summed E-state index contributed by atoms with van der Waals surface area (Å²) in [5.41, 5.74) is 0. The minimum absolute atomic E-state index is 0.116. The molecule has 0 spiro atoms. The third kappa shape index (κ3) is 1.51. The lowest BCUT2D eigenvalue weighted by Crippen LogP contribution is -2.37. The number of likely N-dealkylation sites (tertiary alicyclic amines) is 1. The summed E-state index contributed by atoms with van der Waals surface area (Å²) >= 11 is 0. The van der Waals surface area contributed by atoms with Gasteiger partial charge in [-0.05, 0) is 26.8 Å². The summed E-state index contributed by atoms with van der Waals surface area (Å²) in [7, 11) is 2.02. The summed E-state index contributed by atoms with van der Waals surface area (Å²) in [6.07, 6.45) is 2.57. The van der Waals surface area contributed by atoms with Crippen molar-refractivity contribution in [2.45, 2.75) is 31.9 Å². The van der Waals surface area contributed by atoms with Crippen molar-refractivity contribution < 1.29 is 9.53 Å². The molecule has 74 valence electrons. The van der Waals surface area contributed by atoms with Gasteiger partial charge in [0.25, 0.3) is 0 Å². The van der Waals surface area contributed by atoms with E-state index in [-0.39, 0.29) is 6.04 Å². The normalized spacial score (nSPS) is 40.3. The number of fused-ring (bicyclic) bond motifs is 1. The van der Waals surface area contributed by atoms with E-state index in [0.717, 1.165) is 26.0 Å². The van der Waals surface area contributed by atoms with Crippen LogP contribution in [0.4, 0.5) is 0 Å². The fraction of sp³-hybridized carbons (Fsp3) is 0.900. The van der Waals surface area contributed by atoms with Crippen molar-refractivity contribution in [3.05, 3.63) is 0 Å². The second-order valence-corrected chi connectivity index (χ2v) is 4.21. The van der Waals surface area contributed by atoms with E-state index in [2.05, 4.69) is 4.90 Å². The zero-order valence-electron chi connectivity index (χ0n) is 8.32. The lowest BCUT2D eigenvalue weighted by molar-refractivity contribution is -0.122. The highest BCUT2D eigenvalue weighted by Gasteiger charge is 2.43. The third-order valence-corrected chi connectivity index (χ3v) is 3.26. The van der Waals surface area contributed by atoms with Crippen LogP contribution in [0, 0.1) is 5.92 Å². The number of Topliss-reactive ketones (excluding diaryl/α,β-unsaturated/α-hetero) is 1. The van der Waals surface area contributed by atoms with Crippen molar-refractivity contribution in [1.82, 2.24) is 4.90 Å². The molecule has 3 nitrogen and oxygen atoms in total. The predicted octanol–water partition coefficient (Wildman–Crippen LogP) is 0.685. The van der Waals surface area contributed by atoms with Gasteiger partial charge in [0.05, 0.1) is 12.1 Å². The van der Waals surface area contributed by atoms with Crippen LogP contribution in [0.2, 0.25) is 0 Å². The largest absolute Gasteiger partial charge is 0.377 e. The SMILES string of the molecule is CC(=O)C1C2CCCOC2CN1C. The van der Waals surface area contributed by atoms with Crippen LogP contribution >= 0.6 is 0 Å². The predicted molar refractivity (Wildman–Crippen MR) is 49.6 cm³/mol. The summed E-state index contributed by atoms with van der Waals surface area (Å²) < 4.78 is 5.66. The van der Waals surface area contributed by atoms with E-state index in [4.69, 9.17) is 4.74 Å². The van der Waals surface area contributed by atoms with Gasteiger partial charge in [0.2, 0.25) is 0 Å². The van der Waals surface area contributed by atoms with E-state index in [1.807, 2.05) is 7.05 Å². The maximum Gasteiger partial charge on any atom is 0.147 e. The molecule has 2 saturated heterocycles. The molecule has 0 aromatic heterocycles. The van der Waals surface area contributed by atoms with Crippen molar-refractivity contribution in [2.75, 3.05) is 20.2 Å². The Balaban J connectivity index is 2.13. The Morgan fingerprint density at radius 2 is 2.31 bits per heavy atom. The van der Waals surface area contributed by atoms with Gasteiger partial charge in [-0.25, -0.2) is 0 Å². The van der Waals surface area contributed by atoms with Gasteiger partial charge in [0.15, 0.2) is 0 Å². The monoisotopic (exact) mass is 183 g/mol. The van der Waals surface area contributed by atoms with E-state index < -0.39 is 0 Å². The van der Waals surface area contributed by atoms with Crippen LogP contribution in [-0.2, 0) is 9.53 Å². The average molecular weight is 183 g/mol. The van der Waals surface area contributed by atoms with Crippen LogP contribution in [0.3, 0.4) is 0 Å². The highest BCUT2D eigenvalue weighted by Crippen LogP contribution is 2.33. The van der Waals surface area contributed by atoms with Crippen molar-refractivity contribution >= 4 is 5.78 Å². The van der Waals surface area contributed by atoms with Gasteiger partial charge in [-0.1, -0.05) is 0 Å². The van der Waals surface area contributed by atoms with E-state index in [1.165, 1.54) is 0 Å². The van der Waals surface area contributed by atoms with Crippen LogP contribution in [0.1, 0.15) is 19.8 Å². The summed E-state index contributed by atoms with van der Waals surface area (Å²) in [6.45, 7) is 3.49. The zero-order chi connectivity index (χ0) is 9.42. The Kier molecular flexibility index (Phi) is 2.39. The lowest BCUT2D eigenvalue weighted by atomic mass is 9.89. The molecule has 0 bridgehead atoms. The highest BCUT2D eigenvalue weighted by atomic mass is 16.5. The maximum absolute atomic E-state index is 11.4. The summed E-state index contributed by atoms with van der Waals surface area (Å²) in [5, 5.41) is 0. The fourth-order valence-corrected chi connectivity index (χ4v) is 2.75. The molecule has 3 atom stereocenters. The second kappa shape index (κ2) is 3.39. The maximum atomic E-state index is 11.4. The first-order valence-corrected chi connectivity index (χ1v) is 5.02. The molecule has 3 heteroatoms. The zero-order valence-corrected chi connectivity index (χ0v) is 8.32. The summed E-state index contributed by atoms with van der Waals surface area (Å²) in [4.78, 5) is 13.6. The minimum Gasteiger partial charge on any atom is -0.377 e. The Bertz CT molecular complexity index is 217. The molecular formula is C10H17NO2. The minimum atomic E-state index is 0.116. The smallest absolute Gasteiger partial charge is 0.147 e. The van der Waals surface area contributed by atoms with Gasteiger partial charge in [-0.2, -0.15) is 0 Å². The molecule has 2 aliphatic rings. The van der Waals surface area contributed by atoms with Gasteiger partial charge in [-0.15, -0.1) is 0 Å². The molecule has 3 unspecified atom stereocenters. The number of hydrogen-bond donors (Lipinski definition) is 0. The standard InChI is InChI=1S/C10H17NO2/c1-7(12)10-8-4-3-5-13-9(8)6-11(10)2/h8-10H,3-6H2,1-2H3. The lowest BCUT2D eigenvalue weighted by Gasteiger charge is -2.27. The number of hydrogen-bond acceptors (Lipinski definition) is 3. The van der Waals surface area contributed by atoms with Crippen LogP contribution < -0.4 is 0 Å². The van der Waals surface area contributed by atoms with Gasteiger partial charge >= 0.3 is 0 Å². The molecule has 2 rings (SSSR count). The van der Waals surface area contributed by atoms with Crippen LogP contribution in [-0.4, -0.2) is 43.0 Å². The number of rotatable bonds is 1. The number of ether oxygens (including phenoxy) is 1. The van der Waals surface area contributed by atoms with Gasteiger partial charge in [-0.3, -0.25) is 9.69 Å². The molecule has 0 N–H and O–H groups in total. The first kappa shape index (κ1) is 9.16. The van der Waals surface area contributed by atoms with Crippen molar-refractivity contribution in [3.8, 4) is 0 Å². The van der Waals surface area contributed by atoms with Gasteiger partial charge in [0.1, 0.15) is 5.78 Å². The Labute approximate surface area is 79.0 Å². The molecule has 2 heterocycles. The first-order valence-electron chi connectivity index (χ1n) is 5.02. The van der Waals surface area contributed by atoms with Crippen molar-refractivity contribution in [2.24, 2.45) is 5.92 Å². The second-order valence-electron chi connectivity index (χ2n) is 4.21. The molecule has 0 saturated carbocycles. The van der Waals surface area contributed by atoms with Gasteiger partial charge in [0, 0.05) is 19.1 Å².